The monoisotopic (exact) mass is 356 g/mol. The Hall–Kier alpha value is -1.40. The lowest BCUT2D eigenvalue weighted by atomic mass is 10.2. The lowest BCUT2D eigenvalue weighted by Gasteiger charge is -2.05. The van der Waals surface area contributed by atoms with Crippen LogP contribution < -0.4 is 10.1 Å². The Bertz CT molecular complexity index is 587. The fourth-order valence-electron chi connectivity index (χ4n) is 1.73. The molecule has 1 heterocycles. The lowest BCUT2D eigenvalue weighted by molar-refractivity contribution is 0.246. The van der Waals surface area contributed by atoms with Gasteiger partial charge in [0, 0.05) is 18.7 Å². The van der Waals surface area contributed by atoms with Gasteiger partial charge in [0.15, 0.2) is 5.76 Å². The molecule has 1 aromatic carbocycles. The van der Waals surface area contributed by atoms with Crippen molar-refractivity contribution in [2.75, 3.05) is 6.54 Å². The highest BCUT2D eigenvalue weighted by atomic mass is 79.9. The Kier molecular flexibility index (Phi) is 5.76. The van der Waals surface area contributed by atoms with Crippen molar-refractivity contribution >= 4 is 15.9 Å². The smallest absolute Gasteiger partial charge is 0.174 e. The van der Waals surface area contributed by atoms with Gasteiger partial charge >= 0.3 is 0 Å². The van der Waals surface area contributed by atoms with E-state index in [4.69, 9.17) is 9.26 Å². The van der Waals surface area contributed by atoms with Crippen molar-refractivity contribution in [2.24, 2.45) is 5.92 Å². The summed E-state index contributed by atoms with van der Waals surface area (Å²) in [6.45, 7) is 6.08. The number of hydrogen-bond donors (Lipinski definition) is 1. The number of halogens is 2. The molecule has 0 saturated heterocycles. The van der Waals surface area contributed by atoms with Crippen molar-refractivity contribution in [3.05, 3.63) is 46.0 Å². The van der Waals surface area contributed by atoms with Crippen molar-refractivity contribution < 1.29 is 13.7 Å². The fraction of sp³-hybridized carbons (Fsp3) is 0.400. The van der Waals surface area contributed by atoms with Gasteiger partial charge in [0.2, 0.25) is 0 Å². The molecule has 1 N–H and O–H groups in total. The normalized spacial score (nSPS) is 11.1. The highest BCUT2D eigenvalue weighted by Gasteiger charge is 2.08. The van der Waals surface area contributed by atoms with E-state index in [2.05, 4.69) is 40.3 Å². The molecule has 21 heavy (non-hydrogen) atoms. The SMILES string of the molecule is CC(C)CNCc1cc(COc2cc(F)ccc2Br)on1. The van der Waals surface area contributed by atoms with Gasteiger partial charge in [-0.25, -0.2) is 4.39 Å². The van der Waals surface area contributed by atoms with Crippen LogP contribution in [0.2, 0.25) is 0 Å². The van der Waals surface area contributed by atoms with E-state index in [-0.39, 0.29) is 12.4 Å². The minimum Gasteiger partial charge on any atom is -0.484 e. The van der Waals surface area contributed by atoms with Crippen LogP contribution in [-0.2, 0) is 13.2 Å². The molecular formula is C15H18BrFN2O2. The molecule has 0 aliphatic heterocycles. The zero-order chi connectivity index (χ0) is 15.2. The Balaban J connectivity index is 1.86. The van der Waals surface area contributed by atoms with Gasteiger partial charge < -0.3 is 14.6 Å². The summed E-state index contributed by atoms with van der Waals surface area (Å²) in [5.41, 5.74) is 0.826. The Morgan fingerprint density at radius 3 is 2.95 bits per heavy atom. The quantitative estimate of drug-likeness (QED) is 0.817. The van der Waals surface area contributed by atoms with Crippen LogP contribution in [0, 0.1) is 11.7 Å². The molecule has 1 aromatic heterocycles. The molecule has 0 fully saturated rings. The van der Waals surface area contributed by atoms with E-state index in [0.29, 0.717) is 28.4 Å². The number of nitrogens with zero attached hydrogens (tertiary/aromatic N) is 1. The summed E-state index contributed by atoms with van der Waals surface area (Å²) in [5, 5.41) is 7.25. The number of hydrogen-bond acceptors (Lipinski definition) is 4. The molecule has 2 rings (SSSR count). The topological polar surface area (TPSA) is 47.3 Å². The highest BCUT2D eigenvalue weighted by molar-refractivity contribution is 9.10. The molecule has 0 spiro atoms. The molecule has 114 valence electrons. The first-order valence-corrected chi connectivity index (χ1v) is 7.57. The van der Waals surface area contributed by atoms with Gasteiger partial charge in [0.25, 0.3) is 0 Å². The summed E-state index contributed by atoms with van der Waals surface area (Å²) in [4.78, 5) is 0. The molecule has 4 nitrogen and oxygen atoms in total. The maximum atomic E-state index is 13.1. The first kappa shape index (κ1) is 16.0. The van der Waals surface area contributed by atoms with Crippen LogP contribution in [-0.4, -0.2) is 11.7 Å². The molecular weight excluding hydrogens is 339 g/mol. The molecule has 0 aliphatic carbocycles. The maximum absolute atomic E-state index is 13.1. The molecule has 6 heteroatoms. The highest BCUT2D eigenvalue weighted by Crippen LogP contribution is 2.26. The summed E-state index contributed by atoms with van der Waals surface area (Å²) in [6.07, 6.45) is 0. The molecule has 0 amide bonds. The predicted molar refractivity (Wildman–Crippen MR) is 81.5 cm³/mol. The number of rotatable bonds is 7. The van der Waals surface area contributed by atoms with Crippen LogP contribution in [0.5, 0.6) is 5.75 Å². The van der Waals surface area contributed by atoms with Crippen LogP contribution in [0.3, 0.4) is 0 Å². The van der Waals surface area contributed by atoms with Crippen LogP contribution in [0.15, 0.2) is 33.3 Å². The summed E-state index contributed by atoms with van der Waals surface area (Å²) in [6, 6.07) is 6.13. The van der Waals surface area contributed by atoms with E-state index in [1.54, 1.807) is 6.07 Å². The molecule has 0 bridgehead atoms. The number of aromatic nitrogens is 1. The van der Waals surface area contributed by atoms with Crippen molar-refractivity contribution in [1.29, 1.82) is 0 Å². The van der Waals surface area contributed by atoms with Crippen molar-refractivity contribution in [3.63, 3.8) is 0 Å². The van der Waals surface area contributed by atoms with Gasteiger partial charge in [0.1, 0.15) is 18.2 Å². The second-order valence-corrected chi connectivity index (χ2v) is 6.03. The number of ether oxygens (including phenoxy) is 1. The third-order valence-electron chi connectivity index (χ3n) is 2.73. The molecule has 2 aromatic rings. The first-order chi connectivity index (χ1) is 10.0. The lowest BCUT2D eigenvalue weighted by Crippen LogP contribution is -2.19. The Labute approximate surface area is 131 Å². The van der Waals surface area contributed by atoms with Gasteiger partial charge in [-0.2, -0.15) is 0 Å². The fourth-order valence-corrected chi connectivity index (χ4v) is 2.09. The molecule has 0 aliphatic rings. The van der Waals surface area contributed by atoms with E-state index >= 15 is 0 Å². The minimum absolute atomic E-state index is 0.208. The average molecular weight is 357 g/mol. The van der Waals surface area contributed by atoms with Crippen LogP contribution in [0.4, 0.5) is 4.39 Å². The van der Waals surface area contributed by atoms with Gasteiger partial charge in [0.05, 0.1) is 10.2 Å². The molecule has 0 saturated carbocycles. The van der Waals surface area contributed by atoms with E-state index in [1.807, 2.05) is 6.07 Å². The zero-order valence-electron chi connectivity index (χ0n) is 12.0. The molecule has 0 unspecified atom stereocenters. The first-order valence-electron chi connectivity index (χ1n) is 6.77. The Morgan fingerprint density at radius 2 is 2.19 bits per heavy atom. The van der Waals surface area contributed by atoms with E-state index < -0.39 is 0 Å². The van der Waals surface area contributed by atoms with Crippen LogP contribution >= 0.6 is 15.9 Å². The summed E-state index contributed by atoms with van der Waals surface area (Å²) in [5.74, 6) is 1.28. The molecule has 0 radical (unpaired) electrons. The van der Waals surface area contributed by atoms with Crippen molar-refractivity contribution in [2.45, 2.75) is 27.0 Å². The summed E-state index contributed by atoms with van der Waals surface area (Å²) in [7, 11) is 0. The number of benzene rings is 1. The largest absolute Gasteiger partial charge is 0.484 e. The van der Waals surface area contributed by atoms with Gasteiger partial charge in [-0.3, -0.25) is 0 Å². The standard InChI is InChI=1S/C15H18BrFN2O2/c1-10(2)7-18-8-12-6-13(21-19-12)9-20-15-5-11(17)3-4-14(15)16/h3-6,10,18H,7-9H2,1-2H3. The maximum Gasteiger partial charge on any atom is 0.174 e. The van der Waals surface area contributed by atoms with Crippen LogP contribution in [0.1, 0.15) is 25.3 Å². The average Bonchev–Trinajstić information content (AvgIpc) is 2.87. The number of nitrogens with one attached hydrogen (secondary N) is 1. The van der Waals surface area contributed by atoms with E-state index in [9.17, 15) is 4.39 Å². The van der Waals surface area contributed by atoms with E-state index in [0.717, 1.165) is 12.2 Å². The second kappa shape index (κ2) is 7.56. The minimum atomic E-state index is -0.343. The molecule has 0 atom stereocenters. The second-order valence-electron chi connectivity index (χ2n) is 5.17. The Morgan fingerprint density at radius 1 is 1.38 bits per heavy atom. The summed E-state index contributed by atoms with van der Waals surface area (Å²) >= 11 is 3.31. The van der Waals surface area contributed by atoms with Crippen LogP contribution in [0.25, 0.3) is 0 Å². The van der Waals surface area contributed by atoms with E-state index in [1.165, 1.54) is 12.1 Å². The van der Waals surface area contributed by atoms with Crippen molar-refractivity contribution in [1.82, 2.24) is 10.5 Å². The van der Waals surface area contributed by atoms with Gasteiger partial charge in [-0.1, -0.05) is 19.0 Å². The summed E-state index contributed by atoms with van der Waals surface area (Å²) < 4.78 is 24.5. The van der Waals surface area contributed by atoms with Gasteiger partial charge in [-0.05, 0) is 40.5 Å². The predicted octanol–water partition coefficient (Wildman–Crippen LogP) is 3.90. The zero-order valence-corrected chi connectivity index (χ0v) is 13.6. The van der Waals surface area contributed by atoms with Gasteiger partial charge in [-0.15, -0.1) is 0 Å². The third kappa shape index (κ3) is 5.13. The third-order valence-corrected chi connectivity index (χ3v) is 3.38. The van der Waals surface area contributed by atoms with Crippen molar-refractivity contribution in [3.8, 4) is 5.75 Å².